The maximum atomic E-state index is 12.8. The molecule has 2 aliphatic rings. The number of methoxy groups -OCH3 is 1. The highest BCUT2D eigenvalue weighted by Gasteiger charge is 2.44. The molecule has 1 aromatic rings. The van der Waals surface area contributed by atoms with Gasteiger partial charge in [-0.25, -0.2) is 8.42 Å². The van der Waals surface area contributed by atoms with Crippen molar-refractivity contribution in [3.63, 3.8) is 0 Å². The summed E-state index contributed by atoms with van der Waals surface area (Å²) in [4.78, 5) is 17.3. The topological polar surface area (TPSA) is 66.9 Å². The van der Waals surface area contributed by atoms with Crippen molar-refractivity contribution in [3.8, 4) is 0 Å². The number of hydrogen-bond donors (Lipinski definition) is 0. The average Bonchev–Trinajstić information content (AvgIpc) is 3.03. The smallest absolute Gasteiger partial charge is 0.227 e. The molecule has 4 atom stereocenters. The summed E-state index contributed by atoms with van der Waals surface area (Å²) in [6, 6.07) is 7.02. The van der Waals surface area contributed by atoms with Gasteiger partial charge in [0, 0.05) is 32.5 Å². The van der Waals surface area contributed by atoms with E-state index in [9.17, 15) is 13.2 Å². The molecule has 0 unspecified atom stereocenters. The van der Waals surface area contributed by atoms with Crippen LogP contribution in [0.2, 0.25) is 0 Å². The first kappa shape index (κ1) is 20.3. The summed E-state index contributed by atoms with van der Waals surface area (Å²) >= 11 is 0. The van der Waals surface area contributed by atoms with Crippen molar-refractivity contribution >= 4 is 15.7 Å². The predicted molar refractivity (Wildman–Crippen MR) is 104 cm³/mol. The zero-order chi connectivity index (χ0) is 19.8. The molecule has 1 saturated heterocycles. The third-order valence-corrected chi connectivity index (χ3v) is 7.24. The Balaban J connectivity index is 1.62. The molecule has 1 heterocycles. The van der Waals surface area contributed by atoms with E-state index < -0.39 is 9.84 Å². The Labute approximate surface area is 162 Å². The van der Waals surface area contributed by atoms with Gasteiger partial charge in [-0.05, 0) is 56.5 Å². The van der Waals surface area contributed by atoms with Crippen LogP contribution in [-0.2, 0) is 25.8 Å². The lowest BCUT2D eigenvalue weighted by Crippen LogP contribution is -2.47. The number of carbonyl (C=O) groups excluding carboxylic acids is 1. The summed E-state index contributed by atoms with van der Waals surface area (Å²) in [6.45, 7) is 1.61. The van der Waals surface area contributed by atoms with Crippen LogP contribution in [-0.4, -0.2) is 76.8 Å². The average molecular weight is 395 g/mol. The third-order valence-electron chi connectivity index (χ3n) is 6.11. The van der Waals surface area contributed by atoms with Gasteiger partial charge in [-0.15, -0.1) is 0 Å². The van der Waals surface area contributed by atoms with E-state index >= 15 is 0 Å². The van der Waals surface area contributed by atoms with Crippen LogP contribution in [0.4, 0.5) is 0 Å². The van der Waals surface area contributed by atoms with Gasteiger partial charge in [0.05, 0.1) is 17.4 Å². The van der Waals surface area contributed by atoms with Gasteiger partial charge < -0.3 is 14.5 Å². The minimum absolute atomic E-state index is 0.117. The second kappa shape index (κ2) is 7.89. The number of hydrogen-bond acceptors (Lipinski definition) is 5. The fraction of sp³-hybridized carbons (Fsp3) is 0.650. The minimum atomic E-state index is -3.21. The lowest BCUT2D eigenvalue weighted by atomic mass is 9.77. The van der Waals surface area contributed by atoms with Crippen molar-refractivity contribution in [1.29, 1.82) is 0 Å². The summed E-state index contributed by atoms with van der Waals surface area (Å²) in [5, 5.41) is 0. The van der Waals surface area contributed by atoms with Crippen LogP contribution in [0.15, 0.2) is 29.2 Å². The van der Waals surface area contributed by atoms with Gasteiger partial charge in [0.25, 0.3) is 0 Å². The predicted octanol–water partition coefficient (Wildman–Crippen LogP) is 1.45. The Bertz CT molecular complexity index is 776. The highest BCUT2D eigenvalue weighted by molar-refractivity contribution is 7.90. The number of carbonyl (C=O) groups is 1. The van der Waals surface area contributed by atoms with Gasteiger partial charge in [0.2, 0.25) is 5.91 Å². The van der Waals surface area contributed by atoms with E-state index in [1.165, 1.54) is 6.26 Å². The van der Waals surface area contributed by atoms with Crippen molar-refractivity contribution in [2.24, 2.45) is 11.8 Å². The Kier molecular flexibility index (Phi) is 5.93. The molecule has 1 aromatic carbocycles. The first-order chi connectivity index (χ1) is 12.7. The van der Waals surface area contributed by atoms with Crippen molar-refractivity contribution in [2.75, 3.05) is 40.6 Å². The molecule has 2 fully saturated rings. The van der Waals surface area contributed by atoms with E-state index in [1.807, 2.05) is 4.90 Å². The van der Waals surface area contributed by atoms with E-state index in [-0.39, 0.29) is 16.9 Å². The monoisotopic (exact) mass is 394 g/mol. The number of nitrogens with zero attached hydrogens (tertiary/aromatic N) is 2. The van der Waals surface area contributed by atoms with Crippen LogP contribution in [0.1, 0.15) is 18.4 Å². The second-order valence-electron chi connectivity index (χ2n) is 8.19. The maximum absolute atomic E-state index is 12.8. The summed E-state index contributed by atoms with van der Waals surface area (Å²) in [6.07, 6.45) is 3.78. The Morgan fingerprint density at radius 1 is 1.15 bits per heavy atom. The molecule has 0 N–H and O–H groups in total. The number of ether oxygens (including phenoxy) is 1. The maximum Gasteiger partial charge on any atom is 0.227 e. The molecule has 7 heteroatoms. The van der Waals surface area contributed by atoms with Crippen LogP contribution in [0, 0.1) is 11.8 Å². The number of benzene rings is 1. The Morgan fingerprint density at radius 2 is 1.74 bits per heavy atom. The van der Waals surface area contributed by atoms with Crippen LogP contribution >= 0.6 is 0 Å². The molecule has 1 amide bonds. The minimum Gasteiger partial charge on any atom is -0.380 e. The highest BCUT2D eigenvalue weighted by Crippen LogP contribution is 2.38. The van der Waals surface area contributed by atoms with Gasteiger partial charge in [-0.3, -0.25) is 4.79 Å². The molecule has 0 bridgehead atoms. The Morgan fingerprint density at radius 3 is 2.26 bits per heavy atom. The molecule has 0 radical (unpaired) electrons. The number of amides is 1. The largest absolute Gasteiger partial charge is 0.380 e. The molecular formula is C20H30N2O4S. The molecule has 3 rings (SSSR count). The zero-order valence-electron chi connectivity index (χ0n) is 16.6. The molecule has 1 saturated carbocycles. The molecular weight excluding hydrogens is 364 g/mol. The van der Waals surface area contributed by atoms with Crippen LogP contribution in [0.5, 0.6) is 0 Å². The lowest BCUT2D eigenvalue weighted by Gasteiger charge is -2.40. The summed E-state index contributed by atoms with van der Waals surface area (Å²) in [5.41, 5.74) is 0.850. The normalized spacial score (nSPS) is 28.4. The van der Waals surface area contributed by atoms with E-state index in [1.54, 1.807) is 31.4 Å². The van der Waals surface area contributed by atoms with Crippen molar-refractivity contribution in [2.45, 2.75) is 36.3 Å². The summed E-state index contributed by atoms with van der Waals surface area (Å²) < 4.78 is 28.8. The van der Waals surface area contributed by atoms with Crippen LogP contribution < -0.4 is 0 Å². The lowest BCUT2D eigenvalue weighted by molar-refractivity contribution is -0.129. The quantitative estimate of drug-likeness (QED) is 0.756. The first-order valence-corrected chi connectivity index (χ1v) is 11.3. The van der Waals surface area contributed by atoms with Gasteiger partial charge in [0.15, 0.2) is 9.84 Å². The number of rotatable bonds is 5. The fourth-order valence-corrected chi connectivity index (χ4v) is 5.16. The van der Waals surface area contributed by atoms with Crippen molar-refractivity contribution in [1.82, 2.24) is 9.80 Å². The third kappa shape index (κ3) is 4.52. The molecule has 1 aliphatic carbocycles. The molecule has 0 aromatic heterocycles. The molecule has 150 valence electrons. The number of likely N-dealkylation sites (N-methyl/N-ethyl adjacent to an activating group) is 1. The molecule has 27 heavy (non-hydrogen) atoms. The second-order valence-corrected chi connectivity index (χ2v) is 10.2. The van der Waals surface area contributed by atoms with E-state index in [0.717, 1.165) is 31.5 Å². The molecule has 6 nitrogen and oxygen atoms in total. The summed E-state index contributed by atoms with van der Waals surface area (Å²) in [5.74, 6) is 1.15. The number of fused-ring (bicyclic) bond motifs is 1. The van der Waals surface area contributed by atoms with E-state index in [4.69, 9.17) is 4.74 Å². The number of sulfone groups is 1. The number of likely N-dealkylation sites (tertiary alicyclic amines) is 1. The van der Waals surface area contributed by atoms with Crippen molar-refractivity contribution in [3.05, 3.63) is 29.8 Å². The first-order valence-electron chi connectivity index (χ1n) is 9.45. The van der Waals surface area contributed by atoms with Gasteiger partial charge in [0.1, 0.15) is 0 Å². The van der Waals surface area contributed by atoms with Crippen molar-refractivity contribution < 1.29 is 17.9 Å². The standard InChI is InChI=1S/C20H30N2O4S/c1-21(2)18-10-15-12-22(13-16(15)11-19(18)26-3)20(23)9-14-5-7-17(8-6-14)27(4,24)25/h5-8,15-16,18-19H,9-13H2,1-4H3/t15-,16+,18-,19-/m1/s1. The van der Waals surface area contributed by atoms with E-state index in [0.29, 0.717) is 24.3 Å². The summed E-state index contributed by atoms with van der Waals surface area (Å²) in [7, 11) is 2.75. The van der Waals surface area contributed by atoms with E-state index in [2.05, 4.69) is 19.0 Å². The van der Waals surface area contributed by atoms with Crippen LogP contribution in [0.25, 0.3) is 0 Å². The molecule has 1 aliphatic heterocycles. The Hall–Kier alpha value is -1.44. The fourth-order valence-electron chi connectivity index (χ4n) is 4.53. The van der Waals surface area contributed by atoms with Crippen LogP contribution in [0.3, 0.4) is 0 Å². The van der Waals surface area contributed by atoms with Gasteiger partial charge >= 0.3 is 0 Å². The van der Waals surface area contributed by atoms with Gasteiger partial charge in [-0.1, -0.05) is 12.1 Å². The SMILES string of the molecule is CO[C@@H]1C[C@H]2CN(C(=O)Cc3ccc(S(C)(=O)=O)cc3)C[C@H]2C[C@H]1N(C)C. The highest BCUT2D eigenvalue weighted by atomic mass is 32.2. The zero-order valence-corrected chi connectivity index (χ0v) is 17.4. The van der Waals surface area contributed by atoms with Gasteiger partial charge in [-0.2, -0.15) is 0 Å². The molecule has 0 spiro atoms.